The number of hydrogen-bond acceptors (Lipinski definition) is 3. The molecule has 0 N–H and O–H groups in total. The second-order valence-corrected chi connectivity index (χ2v) is 5.50. The van der Waals surface area contributed by atoms with E-state index in [0.717, 1.165) is 7.11 Å². The van der Waals surface area contributed by atoms with Gasteiger partial charge in [-0.3, -0.25) is 4.79 Å². The molecule has 0 bridgehead atoms. The molecule has 1 aromatic carbocycles. The molecule has 0 heterocycles. The number of carbonyl (C=O) groups excluding carboxylic acids is 1. The molecule has 22 heavy (non-hydrogen) atoms. The van der Waals surface area contributed by atoms with Crippen LogP contribution >= 0.6 is 0 Å². The second kappa shape index (κ2) is 6.24. The zero-order valence-electron chi connectivity index (χ0n) is 12.4. The molecule has 0 amide bonds. The van der Waals surface area contributed by atoms with Crippen molar-refractivity contribution in [2.45, 2.75) is 27.1 Å². The van der Waals surface area contributed by atoms with Crippen LogP contribution in [0.3, 0.4) is 0 Å². The van der Waals surface area contributed by atoms with Gasteiger partial charge in [-0.05, 0) is 11.8 Å². The van der Waals surface area contributed by atoms with Gasteiger partial charge in [-0.1, -0.05) is 13.8 Å². The van der Waals surface area contributed by atoms with Crippen LogP contribution in [0.15, 0.2) is 0 Å². The number of rotatable bonds is 5. The van der Waals surface area contributed by atoms with Gasteiger partial charge in [-0.25, -0.2) is 17.6 Å². The third-order valence-electron chi connectivity index (χ3n) is 4.19. The van der Waals surface area contributed by atoms with E-state index in [9.17, 15) is 22.4 Å². The first-order valence-corrected chi connectivity index (χ1v) is 6.80. The molecule has 1 aliphatic rings. The van der Waals surface area contributed by atoms with Crippen LogP contribution in [0.5, 0.6) is 0 Å². The Morgan fingerprint density at radius 3 is 1.68 bits per heavy atom. The van der Waals surface area contributed by atoms with Crippen molar-refractivity contribution in [3.8, 4) is 0 Å². The molecule has 0 aliphatic heterocycles. The fourth-order valence-electron chi connectivity index (χ4n) is 2.45. The van der Waals surface area contributed by atoms with Gasteiger partial charge in [0.2, 0.25) is 0 Å². The number of methoxy groups -OCH3 is 1. The van der Waals surface area contributed by atoms with Gasteiger partial charge in [0.1, 0.15) is 6.61 Å². The molecule has 1 fully saturated rings. The molecule has 0 aromatic heterocycles. The van der Waals surface area contributed by atoms with Gasteiger partial charge in [-0.2, -0.15) is 0 Å². The first kappa shape index (κ1) is 16.7. The number of benzene rings is 1. The van der Waals surface area contributed by atoms with Gasteiger partial charge in [0, 0.05) is 7.11 Å². The molecule has 2 rings (SSSR count). The third-order valence-corrected chi connectivity index (χ3v) is 4.19. The van der Waals surface area contributed by atoms with Crippen molar-refractivity contribution in [3.05, 3.63) is 34.4 Å². The van der Waals surface area contributed by atoms with Gasteiger partial charge in [0.05, 0.1) is 23.7 Å². The molecular weight excluding hydrogens is 304 g/mol. The minimum Gasteiger partial charge on any atom is -0.460 e. The first-order valence-electron chi connectivity index (χ1n) is 6.80. The zero-order chi connectivity index (χ0) is 16.6. The van der Waals surface area contributed by atoms with E-state index < -0.39 is 53.6 Å². The SMILES string of the molecule is COCc1c(F)c(F)c(COC(=O)C2C(C)C2C)c(F)c1F. The first-order chi connectivity index (χ1) is 10.3. The summed E-state index contributed by atoms with van der Waals surface area (Å²) >= 11 is 0. The normalized spacial score (nSPS) is 23.5. The highest BCUT2D eigenvalue weighted by molar-refractivity contribution is 5.76. The van der Waals surface area contributed by atoms with E-state index in [1.807, 2.05) is 13.8 Å². The lowest BCUT2D eigenvalue weighted by Gasteiger charge is -2.12. The van der Waals surface area contributed by atoms with Crippen molar-refractivity contribution in [2.75, 3.05) is 7.11 Å². The molecule has 2 atom stereocenters. The van der Waals surface area contributed by atoms with Gasteiger partial charge < -0.3 is 9.47 Å². The Labute approximate surface area is 125 Å². The standard InChI is InChI=1S/C15H16F4O3/c1-6-7(2)10(6)15(20)22-5-9-13(18)11(16)8(4-21-3)12(17)14(9)19/h6-7,10H,4-5H2,1-3H3. The molecule has 2 unspecified atom stereocenters. The van der Waals surface area contributed by atoms with E-state index in [2.05, 4.69) is 4.74 Å². The Morgan fingerprint density at radius 2 is 1.32 bits per heavy atom. The van der Waals surface area contributed by atoms with Crippen LogP contribution in [-0.2, 0) is 27.5 Å². The predicted molar refractivity (Wildman–Crippen MR) is 68.6 cm³/mol. The lowest BCUT2D eigenvalue weighted by Crippen LogP contribution is -2.14. The van der Waals surface area contributed by atoms with E-state index in [0.29, 0.717) is 0 Å². The molecular formula is C15H16F4O3. The second-order valence-electron chi connectivity index (χ2n) is 5.50. The molecule has 1 aromatic rings. The van der Waals surface area contributed by atoms with Crippen LogP contribution in [0.1, 0.15) is 25.0 Å². The van der Waals surface area contributed by atoms with E-state index in [4.69, 9.17) is 4.74 Å². The maximum Gasteiger partial charge on any atom is 0.309 e. The Balaban J connectivity index is 2.19. The lowest BCUT2D eigenvalue weighted by molar-refractivity contribution is -0.147. The van der Waals surface area contributed by atoms with Crippen molar-refractivity contribution in [1.29, 1.82) is 0 Å². The number of carbonyl (C=O) groups is 1. The Kier molecular flexibility index (Phi) is 4.75. The minimum absolute atomic E-state index is 0.125. The third kappa shape index (κ3) is 2.82. The van der Waals surface area contributed by atoms with Gasteiger partial charge in [0.15, 0.2) is 23.3 Å². The molecule has 0 spiro atoms. The van der Waals surface area contributed by atoms with E-state index in [1.54, 1.807) is 0 Å². The van der Waals surface area contributed by atoms with Gasteiger partial charge in [0.25, 0.3) is 0 Å². The Bertz CT molecular complexity index is 566. The molecule has 7 heteroatoms. The Hall–Kier alpha value is -1.63. The minimum atomic E-state index is -1.57. The molecule has 1 saturated carbocycles. The van der Waals surface area contributed by atoms with Crippen LogP contribution in [0, 0.1) is 41.0 Å². The lowest BCUT2D eigenvalue weighted by atomic mass is 10.1. The van der Waals surface area contributed by atoms with Gasteiger partial charge >= 0.3 is 5.97 Å². The number of ether oxygens (including phenoxy) is 2. The summed E-state index contributed by atoms with van der Waals surface area (Å²) in [5, 5.41) is 0. The highest BCUT2D eigenvalue weighted by atomic mass is 19.2. The summed E-state index contributed by atoms with van der Waals surface area (Å²) in [5.74, 6) is -6.94. The van der Waals surface area contributed by atoms with E-state index in [-0.39, 0.29) is 17.8 Å². The Morgan fingerprint density at radius 1 is 0.909 bits per heavy atom. The molecule has 3 nitrogen and oxygen atoms in total. The van der Waals surface area contributed by atoms with E-state index in [1.165, 1.54) is 0 Å². The van der Waals surface area contributed by atoms with Crippen molar-refractivity contribution in [3.63, 3.8) is 0 Å². The number of esters is 1. The maximum atomic E-state index is 13.8. The molecule has 0 radical (unpaired) electrons. The predicted octanol–water partition coefficient (Wildman–Crippen LogP) is 3.33. The van der Waals surface area contributed by atoms with Crippen LogP contribution < -0.4 is 0 Å². The molecule has 1 aliphatic carbocycles. The zero-order valence-corrected chi connectivity index (χ0v) is 12.4. The summed E-state index contributed by atoms with van der Waals surface area (Å²) in [4.78, 5) is 11.7. The van der Waals surface area contributed by atoms with Crippen LogP contribution in [0.25, 0.3) is 0 Å². The topological polar surface area (TPSA) is 35.5 Å². The monoisotopic (exact) mass is 320 g/mol. The average Bonchev–Trinajstić information content (AvgIpc) is 3.08. The maximum absolute atomic E-state index is 13.8. The largest absolute Gasteiger partial charge is 0.460 e. The van der Waals surface area contributed by atoms with Crippen molar-refractivity contribution in [1.82, 2.24) is 0 Å². The summed E-state index contributed by atoms with van der Waals surface area (Å²) < 4.78 is 64.3. The summed E-state index contributed by atoms with van der Waals surface area (Å²) in [7, 11) is 1.14. The quantitative estimate of drug-likeness (QED) is 0.474. The average molecular weight is 320 g/mol. The van der Waals surface area contributed by atoms with Crippen molar-refractivity contribution >= 4 is 5.97 Å². The highest BCUT2D eigenvalue weighted by Gasteiger charge is 2.49. The van der Waals surface area contributed by atoms with Crippen molar-refractivity contribution < 1.29 is 31.8 Å². The van der Waals surface area contributed by atoms with Crippen LogP contribution in [0.2, 0.25) is 0 Å². The molecule has 122 valence electrons. The van der Waals surface area contributed by atoms with Gasteiger partial charge in [-0.15, -0.1) is 0 Å². The van der Waals surface area contributed by atoms with Crippen molar-refractivity contribution in [2.24, 2.45) is 17.8 Å². The number of halogens is 4. The summed E-state index contributed by atoms with van der Waals surface area (Å²) in [6.07, 6.45) is 0. The summed E-state index contributed by atoms with van der Waals surface area (Å²) in [5.41, 5.74) is -1.78. The van der Waals surface area contributed by atoms with Crippen LogP contribution in [-0.4, -0.2) is 13.1 Å². The van der Waals surface area contributed by atoms with Crippen LogP contribution in [0.4, 0.5) is 17.6 Å². The fraction of sp³-hybridized carbons (Fsp3) is 0.533. The van der Waals surface area contributed by atoms with E-state index >= 15 is 0 Å². The highest BCUT2D eigenvalue weighted by Crippen LogP contribution is 2.46. The summed E-state index contributed by atoms with van der Waals surface area (Å²) in [6, 6.07) is 0. The number of hydrogen-bond donors (Lipinski definition) is 0. The molecule has 0 saturated heterocycles. The summed E-state index contributed by atoms with van der Waals surface area (Å²) in [6.45, 7) is 2.23. The fourth-order valence-corrected chi connectivity index (χ4v) is 2.45. The smallest absolute Gasteiger partial charge is 0.309 e.